The van der Waals surface area contributed by atoms with Gasteiger partial charge >= 0.3 is 5.69 Å². The van der Waals surface area contributed by atoms with Gasteiger partial charge in [-0.1, -0.05) is 29.5 Å². The van der Waals surface area contributed by atoms with Crippen LogP contribution in [0, 0.1) is 10.1 Å². The highest BCUT2D eigenvalue weighted by Crippen LogP contribution is 2.33. The van der Waals surface area contributed by atoms with Crippen LogP contribution in [0.25, 0.3) is 10.2 Å². The maximum absolute atomic E-state index is 11.6. The van der Waals surface area contributed by atoms with Gasteiger partial charge in [-0.3, -0.25) is 10.1 Å². The first kappa shape index (κ1) is 17.3. The molecule has 0 bridgehead atoms. The Morgan fingerprint density at radius 3 is 2.74 bits per heavy atom. The van der Waals surface area contributed by atoms with Crippen molar-refractivity contribution >= 4 is 55.3 Å². The number of thiophene rings is 1. The Morgan fingerprint density at radius 2 is 1.96 bits per heavy atom. The second kappa shape index (κ2) is 7.64. The maximum atomic E-state index is 11.6. The summed E-state index contributed by atoms with van der Waals surface area (Å²) < 4.78 is 0.992. The number of fused-ring (bicyclic) bond motifs is 1. The summed E-state index contributed by atoms with van der Waals surface area (Å²) in [6.07, 6.45) is 2.07. The second-order valence-corrected chi connectivity index (χ2v) is 7.61. The molecule has 8 nitrogen and oxygen atoms in total. The third-order valence-corrected chi connectivity index (χ3v) is 5.66. The number of rotatable bonds is 7. The molecule has 0 unspecified atom stereocenters. The van der Waals surface area contributed by atoms with Crippen LogP contribution in [-0.2, 0) is 6.42 Å². The van der Waals surface area contributed by atoms with Crippen LogP contribution >= 0.6 is 22.7 Å². The van der Waals surface area contributed by atoms with E-state index in [1.165, 1.54) is 22.5 Å². The Bertz CT molecular complexity index is 1050. The van der Waals surface area contributed by atoms with Crippen molar-refractivity contribution < 1.29 is 4.92 Å². The fourth-order valence-corrected chi connectivity index (χ4v) is 4.13. The Hall–Kier alpha value is -3.11. The highest BCUT2D eigenvalue weighted by Gasteiger charge is 2.23. The molecule has 4 aromatic rings. The van der Waals surface area contributed by atoms with Crippen molar-refractivity contribution in [3.63, 3.8) is 0 Å². The smallest absolute Gasteiger partial charge is 0.353 e. The number of hydrogen-bond acceptors (Lipinski definition) is 9. The monoisotopic (exact) mass is 398 g/mol. The number of benzene rings is 1. The zero-order valence-electron chi connectivity index (χ0n) is 14.0. The highest BCUT2D eigenvalue weighted by atomic mass is 32.1. The zero-order valence-corrected chi connectivity index (χ0v) is 15.6. The molecular formula is C17H14N6O2S2. The fraction of sp³-hybridized carbons (Fsp3) is 0.118. The van der Waals surface area contributed by atoms with Crippen LogP contribution in [-0.4, -0.2) is 26.4 Å². The van der Waals surface area contributed by atoms with E-state index in [1.807, 2.05) is 41.8 Å². The van der Waals surface area contributed by atoms with Crippen LogP contribution in [0.5, 0.6) is 0 Å². The van der Waals surface area contributed by atoms with Gasteiger partial charge in [0.25, 0.3) is 0 Å². The normalized spacial score (nSPS) is 10.8. The number of aromatic nitrogens is 3. The molecule has 27 heavy (non-hydrogen) atoms. The molecule has 0 atom stereocenters. The molecule has 4 rings (SSSR count). The summed E-state index contributed by atoms with van der Waals surface area (Å²) in [6, 6.07) is 11.7. The van der Waals surface area contributed by atoms with Gasteiger partial charge in [0.05, 0.1) is 15.1 Å². The summed E-state index contributed by atoms with van der Waals surface area (Å²) in [4.78, 5) is 24.9. The van der Waals surface area contributed by atoms with Crippen LogP contribution in [0.2, 0.25) is 0 Å². The lowest BCUT2D eigenvalue weighted by molar-refractivity contribution is -0.383. The molecule has 0 saturated carbocycles. The fourth-order valence-electron chi connectivity index (χ4n) is 2.56. The van der Waals surface area contributed by atoms with E-state index in [4.69, 9.17) is 0 Å². The minimum Gasteiger partial charge on any atom is -0.364 e. The number of nitro groups is 1. The molecule has 2 N–H and O–H groups in total. The highest BCUT2D eigenvalue weighted by molar-refractivity contribution is 7.22. The van der Waals surface area contributed by atoms with E-state index in [0.717, 1.165) is 16.6 Å². The average Bonchev–Trinajstić information content (AvgIpc) is 3.30. The van der Waals surface area contributed by atoms with Crippen molar-refractivity contribution in [3.8, 4) is 0 Å². The van der Waals surface area contributed by atoms with E-state index in [1.54, 1.807) is 11.3 Å². The van der Waals surface area contributed by atoms with Crippen molar-refractivity contribution in [2.75, 3.05) is 17.2 Å². The van der Waals surface area contributed by atoms with Gasteiger partial charge in [-0.25, -0.2) is 15.0 Å². The molecule has 0 spiro atoms. The largest absolute Gasteiger partial charge is 0.364 e. The first-order valence-corrected chi connectivity index (χ1v) is 9.78. The van der Waals surface area contributed by atoms with E-state index in [-0.39, 0.29) is 17.3 Å². The lowest BCUT2D eigenvalue weighted by Gasteiger charge is -2.08. The molecule has 0 amide bonds. The molecule has 0 aliphatic heterocycles. The summed E-state index contributed by atoms with van der Waals surface area (Å²) in [6.45, 7) is 0.541. The van der Waals surface area contributed by atoms with Crippen molar-refractivity contribution in [1.29, 1.82) is 0 Å². The molecule has 3 aromatic heterocycles. The van der Waals surface area contributed by atoms with Crippen molar-refractivity contribution in [2.45, 2.75) is 6.42 Å². The van der Waals surface area contributed by atoms with Gasteiger partial charge in [0.15, 0.2) is 5.13 Å². The van der Waals surface area contributed by atoms with Gasteiger partial charge in [0.1, 0.15) is 6.33 Å². The predicted molar refractivity (Wildman–Crippen MR) is 108 cm³/mol. The number of nitrogens with zero attached hydrogens (tertiary/aromatic N) is 4. The maximum Gasteiger partial charge on any atom is 0.353 e. The van der Waals surface area contributed by atoms with Crippen LogP contribution in [0.4, 0.5) is 22.5 Å². The van der Waals surface area contributed by atoms with Crippen LogP contribution in [0.3, 0.4) is 0 Å². The summed E-state index contributed by atoms with van der Waals surface area (Å²) in [7, 11) is 0. The Kier molecular flexibility index (Phi) is 4.90. The topological polar surface area (TPSA) is 106 Å². The number of nitrogens with one attached hydrogen (secondary N) is 2. The Labute approximate surface area is 162 Å². The average molecular weight is 398 g/mol. The first-order chi connectivity index (χ1) is 13.2. The molecule has 0 radical (unpaired) electrons. The van der Waals surface area contributed by atoms with Gasteiger partial charge in [-0.05, 0) is 30.0 Å². The number of anilines is 3. The summed E-state index contributed by atoms with van der Waals surface area (Å²) >= 11 is 3.06. The van der Waals surface area contributed by atoms with Crippen LogP contribution < -0.4 is 10.6 Å². The summed E-state index contributed by atoms with van der Waals surface area (Å²) in [5.74, 6) is 0.308. The SMILES string of the molecule is O=[N+]([O-])c1c(NCCc2cccs2)ncnc1Nc1nc2ccccc2s1. The minimum absolute atomic E-state index is 0.118. The van der Waals surface area contributed by atoms with E-state index in [0.29, 0.717) is 11.7 Å². The quantitative estimate of drug-likeness (QED) is 0.350. The third-order valence-electron chi connectivity index (χ3n) is 3.77. The molecule has 10 heteroatoms. The minimum atomic E-state index is -0.483. The van der Waals surface area contributed by atoms with Crippen molar-refractivity contribution in [1.82, 2.24) is 15.0 Å². The molecule has 0 aliphatic rings. The van der Waals surface area contributed by atoms with Gasteiger partial charge in [0, 0.05) is 11.4 Å². The predicted octanol–water partition coefficient (Wildman–Crippen LogP) is 4.45. The molecule has 3 heterocycles. The van der Waals surface area contributed by atoms with E-state index in [2.05, 4.69) is 25.6 Å². The molecule has 136 valence electrons. The van der Waals surface area contributed by atoms with Crippen molar-refractivity contribution in [3.05, 3.63) is 63.1 Å². The Morgan fingerprint density at radius 1 is 1.11 bits per heavy atom. The first-order valence-electron chi connectivity index (χ1n) is 8.09. The van der Waals surface area contributed by atoms with Crippen LogP contribution in [0.1, 0.15) is 4.88 Å². The Balaban J connectivity index is 1.57. The number of thiazole rings is 1. The van der Waals surface area contributed by atoms with Gasteiger partial charge in [-0.15, -0.1) is 11.3 Å². The summed E-state index contributed by atoms with van der Waals surface area (Å²) in [5, 5.41) is 20.2. The third kappa shape index (κ3) is 3.86. The van der Waals surface area contributed by atoms with Gasteiger partial charge < -0.3 is 10.6 Å². The molecule has 0 saturated heterocycles. The zero-order chi connectivity index (χ0) is 18.6. The summed E-state index contributed by atoms with van der Waals surface area (Å²) in [5.41, 5.74) is 0.638. The number of hydrogen-bond donors (Lipinski definition) is 2. The van der Waals surface area contributed by atoms with Gasteiger partial charge in [-0.2, -0.15) is 0 Å². The van der Waals surface area contributed by atoms with E-state index < -0.39 is 4.92 Å². The molecule has 0 aliphatic carbocycles. The standard InChI is InChI=1S/C17H14N6O2S2/c24-23(25)14-15(18-8-7-11-4-3-9-26-11)19-10-20-16(14)22-17-21-12-5-1-2-6-13(12)27-17/h1-6,9-10H,7-8H2,(H2,18,19,20,21,22). The molecular weight excluding hydrogens is 384 g/mol. The van der Waals surface area contributed by atoms with E-state index >= 15 is 0 Å². The lowest BCUT2D eigenvalue weighted by Crippen LogP contribution is -2.10. The number of para-hydroxylation sites is 1. The van der Waals surface area contributed by atoms with Gasteiger partial charge in [0.2, 0.25) is 11.6 Å². The van der Waals surface area contributed by atoms with E-state index in [9.17, 15) is 10.1 Å². The second-order valence-electron chi connectivity index (χ2n) is 5.54. The van der Waals surface area contributed by atoms with Crippen molar-refractivity contribution in [2.24, 2.45) is 0 Å². The lowest BCUT2D eigenvalue weighted by atomic mass is 10.3. The molecule has 1 aromatic carbocycles. The van der Waals surface area contributed by atoms with Crippen LogP contribution in [0.15, 0.2) is 48.1 Å². The molecule has 0 fully saturated rings.